The normalized spacial score (nSPS) is 10.3. The fraction of sp³-hybridized carbons (Fsp3) is 0.182. The summed E-state index contributed by atoms with van der Waals surface area (Å²) in [7, 11) is 0. The molecule has 0 spiro atoms. The van der Waals surface area contributed by atoms with Crippen LogP contribution >= 0.6 is 0 Å². The van der Waals surface area contributed by atoms with E-state index in [9.17, 15) is 4.79 Å². The molecular formula is C11H10N2O2. The van der Waals surface area contributed by atoms with Gasteiger partial charge in [-0.1, -0.05) is 0 Å². The van der Waals surface area contributed by atoms with Gasteiger partial charge in [0.05, 0.1) is 5.56 Å². The first-order chi connectivity index (χ1) is 7.18. The second-order valence-corrected chi connectivity index (χ2v) is 3.22. The lowest BCUT2D eigenvalue weighted by Gasteiger charge is -1.91. The fourth-order valence-corrected chi connectivity index (χ4v) is 1.34. The largest absolute Gasteiger partial charge is 0.441 e. The summed E-state index contributed by atoms with van der Waals surface area (Å²) >= 11 is 0. The van der Waals surface area contributed by atoms with Crippen molar-refractivity contribution in [1.82, 2.24) is 9.97 Å². The Labute approximate surface area is 87.0 Å². The van der Waals surface area contributed by atoms with Crippen LogP contribution in [0.2, 0.25) is 0 Å². The van der Waals surface area contributed by atoms with Crippen LogP contribution in [0.1, 0.15) is 23.2 Å². The van der Waals surface area contributed by atoms with Crippen molar-refractivity contribution in [3.63, 3.8) is 0 Å². The van der Waals surface area contributed by atoms with Gasteiger partial charge in [-0.3, -0.25) is 9.78 Å². The summed E-state index contributed by atoms with van der Waals surface area (Å²) in [6, 6.07) is 3.63. The number of hydrogen-bond acceptors (Lipinski definition) is 4. The zero-order valence-electron chi connectivity index (χ0n) is 8.52. The van der Waals surface area contributed by atoms with E-state index in [-0.39, 0.29) is 5.78 Å². The van der Waals surface area contributed by atoms with E-state index in [0.717, 1.165) is 5.56 Å². The predicted octanol–water partition coefficient (Wildman–Crippen LogP) is 2.25. The highest BCUT2D eigenvalue weighted by Gasteiger charge is 2.14. The third-order valence-electron chi connectivity index (χ3n) is 2.04. The topological polar surface area (TPSA) is 56.0 Å². The number of Topliss-reactive ketones (excluding diaryl/α,β-unsaturated/α-hetero) is 1. The van der Waals surface area contributed by atoms with E-state index < -0.39 is 0 Å². The summed E-state index contributed by atoms with van der Waals surface area (Å²) in [4.78, 5) is 19.3. The van der Waals surface area contributed by atoms with Crippen LogP contribution < -0.4 is 0 Å². The van der Waals surface area contributed by atoms with E-state index in [0.29, 0.717) is 17.3 Å². The van der Waals surface area contributed by atoms with Gasteiger partial charge >= 0.3 is 0 Å². The molecule has 76 valence electrons. The molecule has 0 saturated heterocycles. The lowest BCUT2D eigenvalue weighted by molar-refractivity contribution is 0.101. The van der Waals surface area contributed by atoms with E-state index in [4.69, 9.17) is 4.42 Å². The number of carbonyl (C=O) groups excluding carboxylic acids is 1. The van der Waals surface area contributed by atoms with Gasteiger partial charge in [-0.15, -0.1) is 0 Å². The summed E-state index contributed by atoms with van der Waals surface area (Å²) in [5, 5.41) is 0. The van der Waals surface area contributed by atoms with Gasteiger partial charge in [0.15, 0.2) is 5.78 Å². The molecule has 2 aromatic rings. The van der Waals surface area contributed by atoms with Crippen molar-refractivity contribution < 1.29 is 9.21 Å². The van der Waals surface area contributed by atoms with Gasteiger partial charge in [0.2, 0.25) is 5.89 Å². The van der Waals surface area contributed by atoms with Gasteiger partial charge < -0.3 is 4.42 Å². The average Bonchev–Trinajstić information content (AvgIpc) is 2.62. The molecule has 0 bridgehead atoms. The molecule has 0 saturated carbocycles. The minimum atomic E-state index is -0.0913. The first kappa shape index (κ1) is 9.58. The summed E-state index contributed by atoms with van der Waals surface area (Å²) < 4.78 is 5.39. The lowest BCUT2D eigenvalue weighted by atomic mass is 10.3. The first-order valence-electron chi connectivity index (χ1n) is 4.57. The fourth-order valence-electron chi connectivity index (χ4n) is 1.34. The van der Waals surface area contributed by atoms with Crippen molar-refractivity contribution in [2.75, 3.05) is 0 Å². The maximum Gasteiger partial charge on any atom is 0.228 e. The highest BCUT2D eigenvalue weighted by atomic mass is 16.4. The van der Waals surface area contributed by atoms with Crippen molar-refractivity contribution >= 4 is 5.78 Å². The zero-order chi connectivity index (χ0) is 10.8. The monoisotopic (exact) mass is 202 g/mol. The molecule has 0 fully saturated rings. The summed E-state index contributed by atoms with van der Waals surface area (Å²) in [5.41, 5.74) is 1.15. The maximum atomic E-state index is 11.2. The molecular weight excluding hydrogens is 192 g/mol. The van der Waals surface area contributed by atoms with Gasteiger partial charge in [-0.25, -0.2) is 4.98 Å². The Kier molecular flexibility index (Phi) is 2.33. The number of pyridine rings is 1. The summed E-state index contributed by atoms with van der Waals surface area (Å²) in [6.07, 6.45) is 3.32. The highest BCUT2D eigenvalue weighted by molar-refractivity contribution is 5.93. The van der Waals surface area contributed by atoms with Crippen LogP contribution in [-0.4, -0.2) is 15.8 Å². The van der Waals surface area contributed by atoms with Crippen molar-refractivity contribution in [3.05, 3.63) is 36.0 Å². The first-order valence-corrected chi connectivity index (χ1v) is 4.57. The van der Waals surface area contributed by atoms with Crippen molar-refractivity contribution in [2.45, 2.75) is 13.8 Å². The molecule has 4 heteroatoms. The van der Waals surface area contributed by atoms with E-state index in [2.05, 4.69) is 9.97 Å². The van der Waals surface area contributed by atoms with Crippen molar-refractivity contribution in [3.8, 4) is 11.5 Å². The lowest BCUT2D eigenvalue weighted by Crippen LogP contribution is -1.94. The molecule has 0 N–H and O–H groups in total. The molecule has 2 heterocycles. The molecule has 0 aliphatic heterocycles. The number of hydrogen-bond donors (Lipinski definition) is 0. The quantitative estimate of drug-likeness (QED) is 0.701. The van der Waals surface area contributed by atoms with E-state index in [1.165, 1.54) is 6.92 Å². The number of aryl methyl sites for hydroxylation is 1. The smallest absolute Gasteiger partial charge is 0.228 e. The number of rotatable bonds is 2. The van der Waals surface area contributed by atoms with E-state index in [1.54, 1.807) is 25.4 Å². The number of ketones is 1. The molecule has 0 amide bonds. The molecule has 4 nitrogen and oxygen atoms in total. The highest BCUT2D eigenvalue weighted by Crippen LogP contribution is 2.20. The molecule has 0 aliphatic rings. The van der Waals surface area contributed by atoms with Crippen LogP contribution in [0.3, 0.4) is 0 Å². The molecule has 0 aromatic carbocycles. The number of aromatic nitrogens is 2. The average molecular weight is 202 g/mol. The summed E-state index contributed by atoms with van der Waals surface area (Å²) in [5.74, 6) is 0.888. The van der Waals surface area contributed by atoms with Gasteiger partial charge in [0, 0.05) is 19.3 Å². The third kappa shape index (κ3) is 1.79. The van der Waals surface area contributed by atoms with E-state index in [1.807, 2.05) is 6.07 Å². The van der Waals surface area contributed by atoms with Crippen LogP contribution in [0.4, 0.5) is 0 Å². The van der Waals surface area contributed by atoms with Crippen LogP contribution in [-0.2, 0) is 0 Å². The maximum absolute atomic E-state index is 11.2. The molecule has 15 heavy (non-hydrogen) atoms. The molecule has 0 atom stereocenters. The van der Waals surface area contributed by atoms with Crippen LogP contribution in [0.5, 0.6) is 0 Å². The Morgan fingerprint density at radius 2 is 2.27 bits per heavy atom. The molecule has 0 radical (unpaired) electrons. The van der Waals surface area contributed by atoms with Crippen LogP contribution in [0.15, 0.2) is 28.9 Å². The minimum absolute atomic E-state index is 0.0913. The second kappa shape index (κ2) is 3.65. The van der Waals surface area contributed by atoms with Crippen LogP contribution in [0, 0.1) is 6.92 Å². The van der Waals surface area contributed by atoms with Gasteiger partial charge in [0.1, 0.15) is 11.5 Å². The van der Waals surface area contributed by atoms with Crippen molar-refractivity contribution in [1.29, 1.82) is 0 Å². The SMILES string of the molecule is CC(=O)c1nc(-c2cccnc2)oc1C. The van der Waals surface area contributed by atoms with Crippen molar-refractivity contribution in [2.24, 2.45) is 0 Å². The zero-order valence-corrected chi connectivity index (χ0v) is 8.52. The van der Waals surface area contributed by atoms with Gasteiger partial charge in [-0.2, -0.15) is 0 Å². The Bertz CT molecular complexity index is 489. The standard InChI is InChI=1S/C11H10N2O2/c1-7(14)10-8(2)15-11(13-10)9-4-3-5-12-6-9/h3-6H,1-2H3. The molecule has 0 aliphatic carbocycles. The molecule has 2 aromatic heterocycles. The Balaban J connectivity index is 2.48. The molecule has 2 rings (SSSR count). The van der Waals surface area contributed by atoms with Gasteiger partial charge in [0.25, 0.3) is 0 Å². The van der Waals surface area contributed by atoms with Crippen LogP contribution in [0.25, 0.3) is 11.5 Å². The minimum Gasteiger partial charge on any atom is -0.441 e. The number of oxazole rings is 1. The number of carbonyl (C=O) groups is 1. The predicted molar refractivity (Wildman–Crippen MR) is 54.5 cm³/mol. The second-order valence-electron chi connectivity index (χ2n) is 3.22. The van der Waals surface area contributed by atoms with E-state index >= 15 is 0 Å². The number of nitrogens with zero attached hydrogens (tertiary/aromatic N) is 2. The summed E-state index contributed by atoms with van der Waals surface area (Å²) in [6.45, 7) is 3.20. The Hall–Kier alpha value is -1.97. The molecule has 0 unspecified atom stereocenters. The van der Waals surface area contributed by atoms with Gasteiger partial charge in [-0.05, 0) is 19.1 Å². The third-order valence-corrected chi connectivity index (χ3v) is 2.04. The Morgan fingerprint density at radius 1 is 1.47 bits per heavy atom. The Morgan fingerprint density at radius 3 is 2.80 bits per heavy atom.